The number of nitrogens with two attached hydrogens (primary N) is 1. The zero-order valence-electron chi connectivity index (χ0n) is 10.6. The quantitative estimate of drug-likeness (QED) is 0.807. The van der Waals surface area contributed by atoms with E-state index in [9.17, 15) is 0 Å². The van der Waals surface area contributed by atoms with Crippen LogP contribution < -0.4 is 15.2 Å². The zero-order chi connectivity index (χ0) is 12.8. The highest BCUT2D eigenvalue weighted by Crippen LogP contribution is 2.34. The first-order valence-corrected chi connectivity index (χ1v) is 6.13. The Morgan fingerprint density at radius 3 is 2.56 bits per heavy atom. The number of imidazole rings is 1. The molecule has 0 saturated heterocycles. The van der Waals surface area contributed by atoms with Crippen LogP contribution in [0.25, 0.3) is 11.0 Å². The number of aromatic amines is 1. The van der Waals surface area contributed by atoms with Crippen molar-refractivity contribution in [3.8, 4) is 11.5 Å². The average molecular weight is 247 g/mol. The normalized spacial score (nSPS) is 15.7. The van der Waals surface area contributed by atoms with Crippen molar-refractivity contribution >= 4 is 11.0 Å². The van der Waals surface area contributed by atoms with E-state index in [0.29, 0.717) is 13.2 Å². The second-order valence-corrected chi connectivity index (χ2v) is 5.17. The van der Waals surface area contributed by atoms with Gasteiger partial charge in [-0.2, -0.15) is 0 Å². The van der Waals surface area contributed by atoms with Gasteiger partial charge in [0.15, 0.2) is 11.5 Å². The predicted molar refractivity (Wildman–Crippen MR) is 68.9 cm³/mol. The first-order valence-electron chi connectivity index (χ1n) is 6.13. The molecule has 0 radical (unpaired) electrons. The molecule has 3 rings (SSSR count). The van der Waals surface area contributed by atoms with Gasteiger partial charge in [0.2, 0.25) is 0 Å². The number of ether oxygens (including phenoxy) is 2. The molecule has 5 heteroatoms. The number of hydrogen-bond acceptors (Lipinski definition) is 4. The topological polar surface area (TPSA) is 73.2 Å². The van der Waals surface area contributed by atoms with Crippen LogP contribution in [0, 0.1) is 0 Å². The SMILES string of the molecule is CC(C)(N)c1nc2cc3c(cc2[nH]1)OCCCO3. The fourth-order valence-electron chi connectivity index (χ4n) is 1.97. The van der Waals surface area contributed by atoms with Crippen molar-refractivity contribution in [3.63, 3.8) is 0 Å². The standard InChI is InChI=1S/C13H17N3O2/c1-13(2,14)12-15-8-6-10-11(7-9(8)16-12)18-5-3-4-17-10/h6-7H,3-5,14H2,1-2H3,(H,15,16). The lowest BCUT2D eigenvalue weighted by Gasteiger charge is -2.13. The lowest BCUT2D eigenvalue weighted by atomic mass is 10.1. The Labute approximate surface area is 105 Å². The molecular formula is C13H17N3O2. The van der Waals surface area contributed by atoms with Gasteiger partial charge in [-0.15, -0.1) is 0 Å². The van der Waals surface area contributed by atoms with Crippen LogP contribution in [-0.2, 0) is 5.54 Å². The van der Waals surface area contributed by atoms with Crippen LogP contribution in [-0.4, -0.2) is 23.2 Å². The average Bonchev–Trinajstić information content (AvgIpc) is 2.57. The van der Waals surface area contributed by atoms with Gasteiger partial charge in [-0.05, 0) is 13.8 Å². The molecule has 0 saturated carbocycles. The molecule has 2 aromatic rings. The Morgan fingerprint density at radius 2 is 1.89 bits per heavy atom. The molecule has 2 heterocycles. The van der Waals surface area contributed by atoms with Crippen LogP contribution >= 0.6 is 0 Å². The molecule has 1 aliphatic heterocycles. The number of rotatable bonds is 1. The van der Waals surface area contributed by atoms with Crippen molar-refractivity contribution in [3.05, 3.63) is 18.0 Å². The summed E-state index contributed by atoms with van der Waals surface area (Å²) in [5.74, 6) is 2.29. The molecular weight excluding hydrogens is 230 g/mol. The molecule has 0 unspecified atom stereocenters. The maximum absolute atomic E-state index is 6.04. The molecule has 5 nitrogen and oxygen atoms in total. The summed E-state index contributed by atoms with van der Waals surface area (Å²) < 4.78 is 11.3. The van der Waals surface area contributed by atoms with E-state index < -0.39 is 5.54 Å². The molecule has 0 spiro atoms. The number of nitrogens with one attached hydrogen (secondary N) is 1. The summed E-state index contributed by atoms with van der Waals surface area (Å²) in [6, 6.07) is 3.83. The summed E-state index contributed by atoms with van der Waals surface area (Å²) >= 11 is 0. The molecule has 0 amide bonds. The van der Waals surface area contributed by atoms with Crippen molar-refractivity contribution in [2.24, 2.45) is 5.73 Å². The highest BCUT2D eigenvalue weighted by atomic mass is 16.5. The van der Waals surface area contributed by atoms with Crippen molar-refractivity contribution < 1.29 is 9.47 Å². The lowest BCUT2D eigenvalue weighted by Crippen LogP contribution is -2.30. The Hall–Kier alpha value is -1.75. The van der Waals surface area contributed by atoms with Gasteiger partial charge in [0, 0.05) is 18.6 Å². The third-order valence-electron chi connectivity index (χ3n) is 2.96. The van der Waals surface area contributed by atoms with Gasteiger partial charge >= 0.3 is 0 Å². The first-order chi connectivity index (χ1) is 8.54. The summed E-state index contributed by atoms with van der Waals surface area (Å²) in [5, 5.41) is 0. The number of H-pyrrole nitrogens is 1. The van der Waals surface area contributed by atoms with E-state index in [4.69, 9.17) is 15.2 Å². The summed E-state index contributed by atoms with van der Waals surface area (Å²) in [5.41, 5.74) is 7.33. The van der Waals surface area contributed by atoms with Gasteiger partial charge in [0.1, 0.15) is 5.82 Å². The van der Waals surface area contributed by atoms with Gasteiger partial charge in [-0.25, -0.2) is 4.98 Å². The fraction of sp³-hybridized carbons (Fsp3) is 0.462. The van der Waals surface area contributed by atoms with E-state index in [0.717, 1.165) is 34.8 Å². The Kier molecular flexibility index (Phi) is 2.45. The van der Waals surface area contributed by atoms with Crippen molar-refractivity contribution in [1.82, 2.24) is 9.97 Å². The number of aromatic nitrogens is 2. The Morgan fingerprint density at radius 1 is 1.22 bits per heavy atom. The first kappa shape index (κ1) is 11.3. The minimum Gasteiger partial charge on any atom is -0.489 e. The highest BCUT2D eigenvalue weighted by molar-refractivity contribution is 5.80. The molecule has 0 fully saturated rings. The zero-order valence-corrected chi connectivity index (χ0v) is 10.6. The number of benzene rings is 1. The van der Waals surface area contributed by atoms with E-state index in [2.05, 4.69) is 9.97 Å². The van der Waals surface area contributed by atoms with E-state index in [-0.39, 0.29) is 0 Å². The van der Waals surface area contributed by atoms with Gasteiger partial charge in [-0.1, -0.05) is 0 Å². The van der Waals surface area contributed by atoms with E-state index in [1.165, 1.54) is 0 Å². The van der Waals surface area contributed by atoms with Crippen LogP contribution in [0.15, 0.2) is 12.1 Å². The van der Waals surface area contributed by atoms with E-state index in [1.807, 2.05) is 26.0 Å². The van der Waals surface area contributed by atoms with Gasteiger partial charge in [-0.3, -0.25) is 0 Å². The summed E-state index contributed by atoms with van der Waals surface area (Å²) in [6.07, 6.45) is 0.900. The molecule has 1 aromatic carbocycles. The highest BCUT2D eigenvalue weighted by Gasteiger charge is 2.20. The van der Waals surface area contributed by atoms with Crippen molar-refractivity contribution in [2.45, 2.75) is 25.8 Å². The largest absolute Gasteiger partial charge is 0.489 e. The summed E-state index contributed by atoms with van der Waals surface area (Å²) in [6.45, 7) is 5.20. The Bertz CT molecular complexity index is 541. The maximum Gasteiger partial charge on any atom is 0.163 e. The number of hydrogen-bond donors (Lipinski definition) is 2. The predicted octanol–water partition coefficient (Wildman–Crippen LogP) is 1.92. The Balaban J connectivity index is 2.12. The number of nitrogens with zero attached hydrogens (tertiary/aromatic N) is 1. The minimum atomic E-state index is -0.488. The second kappa shape index (κ2) is 3.88. The second-order valence-electron chi connectivity index (χ2n) is 5.17. The molecule has 3 N–H and O–H groups in total. The number of fused-ring (bicyclic) bond motifs is 2. The van der Waals surface area contributed by atoms with E-state index >= 15 is 0 Å². The van der Waals surface area contributed by atoms with Crippen LogP contribution in [0.1, 0.15) is 26.1 Å². The summed E-state index contributed by atoms with van der Waals surface area (Å²) in [7, 11) is 0. The van der Waals surface area contributed by atoms with Gasteiger partial charge in [0.05, 0.1) is 29.8 Å². The molecule has 96 valence electrons. The van der Waals surface area contributed by atoms with Crippen LogP contribution in [0.4, 0.5) is 0 Å². The van der Waals surface area contributed by atoms with Gasteiger partial charge < -0.3 is 20.2 Å². The fourth-order valence-corrected chi connectivity index (χ4v) is 1.97. The molecule has 0 atom stereocenters. The lowest BCUT2D eigenvalue weighted by molar-refractivity contribution is 0.297. The van der Waals surface area contributed by atoms with Crippen molar-refractivity contribution in [2.75, 3.05) is 13.2 Å². The maximum atomic E-state index is 6.04. The molecule has 0 bridgehead atoms. The molecule has 18 heavy (non-hydrogen) atoms. The molecule has 0 aliphatic carbocycles. The van der Waals surface area contributed by atoms with Crippen LogP contribution in [0.3, 0.4) is 0 Å². The van der Waals surface area contributed by atoms with Crippen molar-refractivity contribution in [1.29, 1.82) is 0 Å². The molecule has 1 aromatic heterocycles. The van der Waals surface area contributed by atoms with Gasteiger partial charge in [0.25, 0.3) is 0 Å². The third-order valence-corrected chi connectivity index (χ3v) is 2.96. The molecule has 1 aliphatic rings. The summed E-state index contributed by atoms with van der Waals surface area (Å²) in [4.78, 5) is 7.74. The van der Waals surface area contributed by atoms with Crippen LogP contribution in [0.5, 0.6) is 11.5 Å². The monoisotopic (exact) mass is 247 g/mol. The smallest absolute Gasteiger partial charge is 0.163 e. The van der Waals surface area contributed by atoms with E-state index in [1.54, 1.807) is 0 Å². The minimum absolute atomic E-state index is 0.488. The van der Waals surface area contributed by atoms with Crippen LogP contribution in [0.2, 0.25) is 0 Å². The third kappa shape index (κ3) is 1.90.